The monoisotopic (exact) mass is 463 g/mol. The molecule has 33 heavy (non-hydrogen) atoms. The number of rotatable bonds is 8. The van der Waals surface area contributed by atoms with Gasteiger partial charge in [-0.25, -0.2) is 4.98 Å². The molecule has 4 aromatic rings. The van der Waals surface area contributed by atoms with Gasteiger partial charge in [-0.2, -0.15) is 9.50 Å². The van der Waals surface area contributed by atoms with Gasteiger partial charge >= 0.3 is 0 Å². The van der Waals surface area contributed by atoms with Crippen molar-refractivity contribution >= 4 is 23.3 Å². The van der Waals surface area contributed by atoms with E-state index in [0.717, 1.165) is 17.9 Å². The lowest BCUT2D eigenvalue weighted by Gasteiger charge is -2.12. The average molecular weight is 464 g/mol. The lowest BCUT2D eigenvalue weighted by Crippen LogP contribution is -2.25. The highest BCUT2D eigenvalue weighted by atomic mass is 35.5. The number of hydrogen-bond acceptors (Lipinski definition) is 5. The SMILES string of the molecule is O=C(NCCC1CC1)c1ccccc1OCc1nc2nc(-c3ccccc3)[nH]n2c(=O)c1Cl. The van der Waals surface area contributed by atoms with Crippen molar-refractivity contribution in [1.82, 2.24) is 24.9 Å². The van der Waals surface area contributed by atoms with Gasteiger partial charge in [-0.3, -0.25) is 14.7 Å². The first-order chi connectivity index (χ1) is 16.1. The zero-order valence-corrected chi connectivity index (χ0v) is 18.5. The second kappa shape index (κ2) is 9.07. The number of carbonyl (C=O) groups is 1. The van der Waals surface area contributed by atoms with Crippen molar-refractivity contribution in [2.75, 3.05) is 6.54 Å². The second-order valence-corrected chi connectivity index (χ2v) is 8.40. The van der Waals surface area contributed by atoms with Gasteiger partial charge in [-0.05, 0) is 24.5 Å². The third-order valence-corrected chi connectivity index (χ3v) is 5.97. The summed E-state index contributed by atoms with van der Waals surface area (Å²) in [6.45, 7) is 0.562. The maximum atomic E-state index is 12.8. The van der Waals surface area contributed by atoms with Crippen LogP contribution in [0.3, 0.4) is 0 Å². The normalized spacial score (nSPS) is 13.2. The number of nitrogens with one attached hydrogen (secondary N) is 2. The van der Waals surface area contributed by atoms with E-state index in [-0.39, 0.29) is 29.0 Å². The Morgan fingerprint density at radius 1 is 1.12 bits per heavy atom. The Balaban J connectivity index is 1.36. The summed E-state index contributed by atoms with van der Waals surface area (Å²) in [7, 11) is 0. The highest BCUT2D eigenvalue weighted by molar-refractivity contribution is 6.31. The number of carbonyl (C=O) groups excluding carboxylic acids is 1. The highest BCUT2D eigenvalue weighted by Gasteiger charge is 2.21. The molecule has 0 aliphatic heterocycles. The number of hydrogen-bond donors (Lipinski definition) is 2. The van der Waals surface area contributed by atoms with Crippen LogP contribution in [0.2, 0.25) is 5.02 Å². The number of aromatic nitrogens is 4. The summed E-state index contributed by atoms with van der Waals surface area (Å²) in [5.41, 5.74) is 1.02. The minimum Gasteiger partial charge on any atom is -0.486 e. The molecule has 9 heteroatoms. The molecule has 0 bridgehead atoms. The fraction of sp³-hybridized carbons (Fsp3) is 0.250. The number of benzene rings is 2. The zero-order valence-electron chi connectivity index (χ0n) is 17.8. The van der Waals surface area contributed by atoms with E-state index >= 15 is 0 Å². The van der Waals surface area contributed by atoms with Gasteiger partial charge in [0, 0.05) is 12.1 Å². The molecule has 0 radical (unpaired) electrons. The van der Waals surface area contributed by atoms with E-state index in [9.17, 15) is 9.59 Å². The van der Waals surface area contributed by atoms with Crippen LogP contribution in [0.5, 0.6) is 5.75 Å². The van der Waals surface area contributed by atoms with E-state index in [4.69, 9.17) is 16.3 Å². The molecule has 0 atom stereocenters. The van der Waals surface area contributed by atoms with Crippen LogP contribution in [0, 0.1) is 5.92 Å². The van der Waals surface area contributed by atoms with E-state index in [0.29, 0.717) is 23.7 Å². The second-order valence-electron chi connectivity index (χ2n) is 8.02. The predicted octanol–water partition coefficient (Wildman–Crippen LogP) is 3.85. The first-order valence-corrected chi connectivity index (χ1v) is 11.2. The van der Waals surface area contributed by atoms with Gasteiger partial charge in [0.15, 0.2) is 5.82 Å². The van der Waals surface area contributed by atoms with Crippen LogP contribution >= 0.6 is 11.6 Å². The molecule has 5 rings (SSSR count). The summed E-state index contributed by atoms with van der Waals surface area (Å²) >= 11 is 6.30. The van der Waals surface area contributed by atoms with Crippen molar-refractivity contribution in [3.05, 3.63) is 81.2 Å². The zero-order chi connectivity index (χ0) is 22.8. The minimum absolute atomic E-state index is 0.0675. The summed E-state index contributed by atoms with van der Waals surface area (Å²) in [6.07, 6.45) is 3.49. The number of H-pyrrole nitrogens is 1. The maximum Gasteiger partial charge on any atom is 0.293 e. The van der Waals surface area contributed by atoms with E-state index in [2.05, 4.69) is 20.4 Å². The van der Waals surface area contributed by atoms with Crippen molar-refractivity contribution in [2.45, 2.75) is 25.9 Å². The lowest BCUT2D eigenvalue weighted by molar-refractivity contribution is 0.0948. The summed E-state index contributed by atoms with van der Waals surface area (Å²) in [4.78, 5) is 34.2. The maximum absolute atomic E-state index is 12.8. The van der Waals surface area contributed by atoms with Crippen LogP contribution in [0.25, 0.3) is 17.2 Å². The molecule has 1 amide bonds. The summed E-state index contributed by atoms with van der Waals surface area (Å²) in [5.74, 6) is 1.63. The van der Waals surface area contributed by atoms with Gasteiger partial charge in [0.1, 0.15) is 23.1 Å². The molecule has 2 heterocycles. The minimum atomic E-state index is -0.471. The van der Waals surface area contributed by atoms with Crippen LogP contribution in [0.1, 0.15) is 35.3 Å². The number of aromatic amines is 1. The number of fused-ring (bicyclic) bond motifs is 1. The van der Waals surface area contributed by atoms with E-state index in [1.54, 1.807) is 24.3 Å². The summed E-state index contributed by atoms with van der Waals surface area (Å²) < 4.78 is 7.07. The molecule has 0 unspecified atom stereocenters. The van der Waals surface area contributed by atoms with Gasteiger partial charge in [0.25, 0.3) is 17.2 Å². The standard InChI is InChI=1S/C24H22ClN5O3/c25-20-18(27-24-28-21(29-30(24)23(20)32)16-6-2-1-3-7-16)14-33-19-9-5-4-8-17(19)22(31)26-13-12-15-10-11-15/h1-9,15H,10-14H2,(H,26,31)(H,27,28,29). The van der Waals surface area contributed by atoms with Gasteiger partial charge in [0.2, 0.25) is 0 Å². The lowest BCUT2D eigenvalue weighted by atomic mass is 10.2. The van der Waals surface area contributed by atoms with Crippen molar-refractivity contribution in [3.8, 4) is 17.1 Å². The van der Waals surface area contributed by atoms with E-state index in [1.807, 2.05) is 30.3 Å². The van der Waals surface area contributed by atoms with Gasteiger partial charge in [0.05, 0.1) is 5.56 Å². The fourth-order valence-electron chi connectivity index (χ4n) is 3.58. The predicted molar refractivity (Wildman–Crippen MR) is 125 cm³/mol. The molecule has 2 aromatic heterocycles. The van der Waals surface area contributed by atoms with Crippen molar-refractivity contribution in [1.29, 1.82) is 0 Å². The Kier molecular flexibility index (Phi) is 5.83. The Bertz CT molecular complexity index is 1360. The third kappa shape index (κ3) is 4.61. The Morgan fingerprint density at radius 3 is 2.67 bits per heavy atom. The molecule has 1 aliphatic rings. The van der Waals surface area contributed by atoms with Gasteiger partial charge in [-0.1, -0.05) is 66.9 Å². The Hall–Kier alpha value is -3.65. The van der Waals surface area contributed by atoms with Crippen LogP contribution in [0.15, 0.2) is 59.4 Å². The molecule has 0 saturated heterocycles. The van der Waals surface area contributed by atoms with Crippen molar-refractivity contribution in [2.24, 2.45) is 5.92 Å². The topological polar surface area (TPSA) is 101 Å². The fourth-order valence-corrected chi connectivity index (χ4v) is 3.76. The molecule has 2 N–H and O–H groups in total. The molecule has 1 fully saturated rings. The smallest absolute Gasteiger partial charge is 0.293 e. The Morgan fingerprint density at radius 2 is 1.88 bits per heavy atom. The highest BCUT2D eigenvalue weighted by Crippen LogP contribution is 2.31. The first-order valence-electron chi connectivity index (χ1n) is 10.8. The van der Waals surface area contributed by atoms with Crippen molar-refractivity contribution in [3.63, 3.8) is 0 Å². The number of nitrogens with zero attached hydrogens (tertiary/aromatic N) is 3. The molecule has 0 spiro atoms. The summed E-state index contributed by atoms with van der Waals surface area (Å²) in [5, 5.41) is 5.81. The quantitative estimate of drug-likeness (QED) is 0.413. The van der Waals surface area contributed by atoms with Crippen LogP contribution in [0.4, 0.5) is 0 Å². The van der Waals surface area contributed by atoms with E-state index < -0.39 is 5.56 Å². The molecule has 168 valence electrons. The molecular weight excluding hydrogens is 442 g/mol. The van der Waals surface area contributed by atoms with E-state index in [1.165, 1.54) is 17.4 Å². The van der Waals surface area contributed by atoms with Crippen LogP contribution in [-0.4, -0.2) is 32.0 Å². The van der Waals surface area contributed by atoms with Gasteiger partial charge in [-0.15, -0.1) is 0 Å². The molecule has 2 aromatic carbocycles. The molecule has 1 aliphatic carbocycles. The molecular formula is C24H22ClN5O3. The van der Waals surface area contributed by atoms with Crippen molar-refractivity contribution < 1.29 is 9.53 Å². The number of para-hydroxylation sites is 1. The number of ether oxygens (including phenoxy) is 1. The average Bonchev–Trinajstić information content (AvgIpc) is 3.57. The largest absolute Gasteiger partial charge is 0.486 e. The van der Waals surface area contributed by atoms with Crippen LogP contribution < -0.4 is 15.6 Å². The van der Waals surface area contributed by atoms with Crippen LogP contribution in [-0.2, 0) is 6.61 Å². The first kappa shape index (κ1) is 21.2. The third-order valence-electron chi connectivity index (χ3n) is 5.59. The number of halogens is 1. The van der Waals surface area contributed by atoms with Gasteiger partial charge < -0.3 is 10.1 Å². The Labute approximate surface area is 194 Å². The number of amides is 1. The molecule has 8 nitrogen and oxygen atoms in total. The molecule has 1 saturated carbocycles. The summed E-state index contributed by atoms with van der Waals surface area (Å²) in [6, 6.07) is 16.4.